The lowest BCUT2D eigenvalue weighted by atomic mass is 10.1. The van der Waals surface area contributed by atoms with E-state index in [1.165, 1.54) is 11.8 Å². The van der Waals surface area contributed by atoms with Gasteiger partial charge in [0.05, 0.1) is 28.8 Å². The molecule has 6 heteroatoms. The summed E-state index contributed by atoms with van der Waals surface area (Å²) in [6.45, 7) is 5.58. The minimum absolute atomic E-state index is 0.102. The molecule has 3 rings (SSSR count). The van der Waals surface area contributed by atoms with Gasteiger partial charge in [0.1, 0.15) is 0 Å². The lowest BCUT2D eigenvalue weighted by molar-refractivity contribution is -0.144. The number of carbonyl (C=O) groups is 1. The van der Waals surface area contributed by atoms with Crippen molar-refractivity contribution in [2.24, 2.45) is 0 Å². The van der Waals surface area contributed by atoms with Crippen LogP contribution in [0, 0.1) is 0 Å². The van der Waals surface area contributed by atoms with Crippen LogP contribution in [-0.2, 0) is 9.53 Å². The van der Waals surface area contributed by atoms with Crippen LogP contribution >= 0.6 is 11.8 Å². The molecular formula is C21H22N2O3S. The molecule has 0 unspecified atom stereocenters. The molecular weight excluding hydrogens is 360 g/mol. The SMILES string of the molecule is CC(C)OC(=O)CSc1nc2ccccc2c(=O)n1[C@@H](C)c1ccccc1. The smallest absolute Gasteiger partial charge is 0.316 e. The Kier molecular flexibility index (Phi) is 5.96. The summed E-state index contributed by atoms with van der Waals surface area (Å²) in [7, 11) is 0. The van der Waals surface area contributed by atoms with Crippen LogP contribution in [0.15, 0.2) is 64.5 Å². The Bertz CT molecular complexity index is 999. The molecule has 1 aromatic heterocycles. The molecule has 0 fully saturated rings. The predicted octanol–water partition coefficient (Wildman–Crippen LogP) is 4.05. The Balaban J connectivity index is 2.05. The average Bonchev–Trinajstić information content (AvgIpc) is 2.66. The van der Waals surface area contributed by atoms with Crippen LogP contribution in [0.2, 0.25) is 0 Å². The van der Waals surface area contributed by atoms with Crippen molar-refractivity contribution in [1.29, 1.82) is 0 Å². The number of hydrogen-bond acceptors (Lipinski definition) is 5. The molecule has 0 saturated heterocycles. The predicted molar refractivity (Wildman–Crippen MR) is 108 cm³/mol. The highest BCUT2D eigenvalue weighted by Gasteiger charge is 2.19. The van der Waals surface area contributed by atoms with Crippen LogP contribution in [-0.4, -0.2) is 27.4 Å². The van der Waals surface area contributed by atoms with Gasteiger partial charge in [-0.05, 0) is 38.5 Å². The van der Waals surface area contributed by atoms with Gasteiger partial charge >= 0.3 is 5.97 Å². The van der Waals surface area contributed by atoms with E-state index in [9.17, 15) is 9.59 Å². The van der Waals surface area contributed by atoms with Crippen molar-refractivity contribution in [2.45, 2.75) is 38.1 Å². The number of esters is 1. The zero-order chi connectivity index (χ0) is 19.4. The fraction of sp³-hybridized carbons (Fsp3) is 0.286. The summed E-state index contributed by atoms with van der Waals surface area (Å²) in [5, 5.41) is 1.07. The number of ether oxygens (including phenoxy) is 1. The normalized spacial score (nSPS) is 12.3. The molecule has 140 valence electrons. The first-order valence-corrected chi connectivity index (χ1v) is 9.84. The second kappa shape index (κ2) is 8.39. The number of thioether (sulfide) groups is 1. The highest BCUT2D eigenvalue weighted by molar-refractivity contribution is 7.99. The summed E-state index contributed by atoms with van der Waals surface area (Å²) in [6.07, 6.45) is -0.173. The van der Waals surface area contributed by atoms with Gasteiger partial charge in [-0.15, -0.1) is 0 Å². The van der Waals surface area contributed by atoms with E-state index in [0.717, 1.165) is 5.56 Å². The first kappa shape index (κ1) is 19.2. The van der Waals surface area contributed by atoms with Gasteiger partial charge in [-0.1, -0.05) is 54.2 Å². The summed E-state index contributed by atoms with van der Waals surface area (Å²) in [5.41, 5.74) is 1.51. The molecule has 2 aromatic carbocycles. The molecule has 0 aliphatic heterocycles. The molecule has 3 aromatic rings. The van der Waals surface area contributed by atoms with Gasteiger partial charge in [-0.25, -0.2) is 4.98 Å². The highest BCUT2D eigenvalue weighted by atomic mass is 32.2. The number of aromatic nitrogens is 2. The molecule has 0 radical (unpaired) electrons. The molecule has 1 heterocycles. The third kappa shape index (κ3) is 4.39. The molecule has 0 aliphatic carbocycles. The standard InChI is InChI=1S/C21H22N2O3S/c1-14(2)26-19(24)13-27-21-22-18-12-8-7-11-17(18)20(25)23(21)15(3)16-9-5-4-6-10-16/h4-12,14-15H,13H2,1-3H3/t15-/m0/s1. The first-order chi connectivity index (χ1) is 13.0. The van der Waals surface area contributed by atoms with E-state index in [1.54, 1.807) is 10.6 Å². The van der Waals surface area contributed by atoms with E-state index in [-0.39, 0.29) is 29.4 Å². The van der Waals surface area contributed by atoms with Crippen molar-refractivity contribution < 1.29 is 9.53 Å². The van der Waals surface area contributed by atoms with Gasteiger partial charge in [-0.2, -0.15) is 0 Å². The quantitative estimate of drug-likeness (QED) is 0.366. The number of benzene rings is 2. The monoisotopic (exact) mass is 382 g/mol. The van der Waals surface area contributed by atoms with Crippen LogP contribution in [0.3, 0.4) is 0 Å². The zero-order valence-electron chi connectivity index (χ0n) is 15.6. The highest BCUT2D eigenvalue weighted by Crippen LogP contribution is 2.25. The van der Waals surface area contributed by atoms with Gasteiger partial charge in [-0.3, -0.25) is 14.2 Å². The molecule has 0 spiro atoms. The number of nitrogens with zero attached hydrogens (tertiary/aromatic N) is 2. The summed E-state index contributed by atoms with van der Waals surface area (Å²) < 4.78 is 6.86. The third-order valence-corrected chi connectivity index (χ3v) is 5.06. The number of carbonyl (C=O) groups excluding carboxylic acids is 1. The maximum absolute atomic E-state index is 13.2. The van der Waals surface area contributed by atoms with Crippen LogP contribution in [0.4, 0.5) is 0 Å². The molecule has 0 amide bonds. The second-order valence-electron chi connectivity index (χ2n) is 6.50. The average molecular weight is 382 g/mol. The van der Waals surface area contributed by atoms with Crippen molar-refractivity contribution >= 4 is 28.6 Å². The van der Waals surface area contributed by atoms with Crippen molar-refractivity contribution in [3.8, 4) is 0 Å². The molecule has 0 aliphatic rings. The van der Waals surface area contributed by atoms with Crippen molar-refractivity contribution in [2.75, 3.05) is 5.75 Å². The zero-order valence-corrected chi connectivity index (χ0v) is 16.4. The maximum atomic E-state index is 13.2. The molecule has 27 heavy (non-hydrogen) atoms. The fourth-order valence-electron chi connectivity index (χ4n) is 2.87. The number of hydrogen-bond donors (Lipinski definition) is 0. The van der Waals surface area contributed by atoms with Crippen molar-refractivity contribution in [3.05, 3.63) is 70.5 Å². The number of fused-ring (bicyclic) bond motifs is 1. The largest absolute Gasteiger partial charge is 0.462 e. The lowest BCUT2D eigenvalue weighted by Crippen LogP contribution is -2.27. The summed E-state index contributed by atoms with van der Waals surface area (Å²) in [5.74, 6) is -0.221. The third-order valence-electron chi connectivity index (χ3n) is 4.13. The molecule has 0 N–H and O–H groups in total. The minimum atomic E-state index is -0.323. The van der Waals surface area contributed by atoms with Crippen LogP contribution in [0.1, 0.15) is 32.4 Å². The summed E-state index contributed by atoms with van der Waals surface area (Å²) in [4.78, 5) is 29.8. The first-order valence-electron chi connectivity index (χ1n) is 8.86. The lowest BCUT2D eigenvalue weighted by Gasteiger charge is -2.20. The van der Waals surface area contributed by atoms with Gasteiger partial charge in [0.25, 0.3) is 5.56 Å². The molecule has 1 atom stereocenters. The fourth-order valence-corrected chi connectivity index (χ4v) is 3.73. The molecule has 0 bridgehead atoms. The minimum Gasteiger partial charge on any atom is -0.462 e. The number of para-hydroxylation sites is 1. The Morgan fingerprint density at radius 1 is 1.07 bits per heavy atom. The van der Waals surface area contributed by atoms with Gasteiger partial charge in [0, 0.05) is 0 Å². The van der Waals surface area contributed by atoms with E-state index in [1.807, 2.05) is 69.3 Å². The van der Waals surface area contributed by atoms with E-state index >= 15 is 0 Å². The van der Waals surface area contributed by atoms with Gasteiger partial charge in [0.2, 0.25) is 0 Å². The van der Waals surface area contributed by atoms with Gasteiger partial charge < -0.3 is 4.74 Å². The second-order valence-corrected chi connectivity index (χ2v) is 7.44. The summed E-state index contributed by atoms with van der Waals surface area (Å²) in [6, 6.07) is 16.8. The van der Waals surface area contributed by atoms with Crippen molar-refractivity contribution in [1.82, 2.24) is 9.55 Å². The topological polar surface area (TPSA) is 61.2 Å². The molecule has 5 nitrogen and oxygen atoms in total. The maximum Gasteiger partial charge on any atom is 0.316 e. The Hall–Kier alpha value is -2.60. The van der Waals surface area contributed by atoms with Crippen LogP contribution < -0.4 is 5.56 Å². The van der Waals surface area contributed by atoms with Crippen LogP contribution in [0.5, 0.6) is 0 Å². The van der Waals surface area contributed by atoms with E-state index in [4.69, 9.17) is 4.74 Å². The Morgan fingerprint density at radius 3 is 2.44 bits per heavy atom. The summed E-state index contributed by atoms with van der Waals surface area (Å²) >= 11 is 1.23. The van der Waals surface area contributed by atoms with E-state index in [0.29, 0.717) is 16.1 Å². The van der Waals surface area contributed by atoms with E-state index in [2.05, 4.69) is 4.98 Å². The van der Waals surface area contributed by atoms with Gasteiger partial charge in [0.15, 0.2) is 5.16 Å². The molecule has 0 saturated carbocycles. The Morgan fingerprint density at radius 2 is 1.74 bits per heavy atom. The van der Waals surface area contributed by atoms with Crippen molar-refractivity contribution in [3.63, 3.8) is 0 Å². The van der Waals surface area contributed by atoms with E-state index < -0.39 is 0 Å². The van der Waals surface area contributed by atoms with Crippen LogP contribution in [0.25, 0.3) is 10.9 Å². The Labute approximate surface area is 162 Å². The number of rotatable bonds is 6.